The standard InChI is InChI=1S/C51H31NO/c1-2-12-35(13-3-1)48-49-41-18-8-10-20-45(41)52-51(44(49)31-47-50(48)42-19-9-11-21-46(42)53-47)36-28-24-33(25-29-36)32-22-26-34(27-23-32)43-30-37-14-4-5-15-38(37)39-16-6-7-17-40(39)43/h1-31H. The Labute approximate surface area is 306 Å². The number of hydrogen-bond donors (Lipinski definition) is 0. The molecule has 0 bridgehead atoms. The van der Waals surface area contributed by atoms with Crippen LogP contribution in [0.15, 0.2) is 192 Å². The van der Waals surface area contributed by atoms with Gasteiger partial charge in [-0.25, -0.2) is 4.98 Å². The van der Waals surface area contributed by atoms with Crippen LogP contribution in [-0.4, -0.2) is 4.98 Å². The summed E-state index contributed by atoms with van der Waals surface area (Å²) < 4.78 is 6.56. The first-order valence-electron chi connectivity index (χ1n) is 18.1. The molecule has 0 aliphatic heterocycles. The van der Waals surface area contributed by atoms with Crippen molar-refractivity contribution in [1.29, 1.82) is 0 Å². The van der Waals surface area contributed by atoms with E-state index in [2.05, 4.69) is 182 Å². The van der Waals surface area contributed by atoms with Crippen molar-refractivity contribution in [3.05, 3.63) is 188 Å². The highest BCUT2D eigenvalue weighted by atomic mass is 16.3. The van der Waals surface area contributed by atoms with E-state index in [1.165, 1.54) is 54.7 Å². The van der Waals surface area contributed by atoms with Gasteiger partial charge in [0, 0.05) is 38.1 Å². The summed E-state index contributed by atoms with van der Waals surface area (Å²) in [6, 6.07) is 67.3. The van der Waals surface area contributed by atoms with Crippen LogP contribution in [0.1, 0.15) is 0 Å². The Hall–Kier alpha value is -7.03. The lowest BCUT2D eigenvalue weighted by atomic mass is 9.89. The molecule has 0 radical (unpaired) electrons. The Kier molecular flexibility index (Phi) is 6.59. The van der Waals surface area contributed by atoms with Crippen LogP contribution >= 0.6 is 0 Å². The van der Waals surface area contributed by atoms with Crippen molar-refractivity contribution >= 4 is 65.2 Å². The predicted molar refractivity (Wildman–Crippen MR) is 223 cm³/mol. The van der Waals surface area contributed by atoms with Gasteiger partial charge in [0.05, 0.1) is 11.2 Å². The van der Waals surface area contributed by atoms with E-state index in [4.69, 9.17) is 9.40 Å². The number of hydrogen-bond acceptors (Lipinski definition) is 2. The molecule has 0 amide bonds. The molecule has 0 aliphatic rings. The van der Waals surface area contributed by atoms with Crippen LogP contribution in [0.2, 0.25) is 0 Å². The van der Waals surface area contributed by atoms with Crippen molar-refractivity contribution in [3.63, 3.8) is 0 Å². The van der Waals surface area contributed by atoms with Gasteiger partial charge in [0.25, 0.3) is 0 Å². The quantitative estimate of drug-likeness (QED) is 0.174. The molecule has 2 aromatic heterocycles. The van der Waals surface area contributed by atoms with Crippen LogP contribution in [0.25, 0.3) is 110 Å². The van der Waals surface area contributed by atoms with E-state index in [1.807, 2.05) is 6.07 Å². The monoisotopic (exact) mass is 673 g/mol. The summed E-state index contributed by atoms with van der Waals surface area (Å²) in [5, 5.41) is 10.8. The molecular formula is C51H31NO. The SMILES string of the molecule is c1ccc(-c2c3c(cc4c(-c5ccc(-c6ccc(-c7cc8ccccc8c8ccccc78)cc6)cc5)nc5ccccc5c24)oc2ccccc23)cc1. The van der Waals surface area contributed by atoms with E-state index >= 15 is 0 Å². The molecule has 0 saturated heterocycles. The number of benzene rings is 9. The Bertz CT molecular complexity index is 3190. The van der Waals surface area contributed by atoms with E-state index in [0.717, 1.165) is 55.0 Å². The number of rotatable bonds is 4. The minimum absolute atomic E-state index is 0.867. The molecule has 11 rings (SSSR count). The highest BCUT2D eigenvalue weighted by Gasteiger charge is 2.21. The lowest BCUT2D eigenvalue weighted by Gasteiger charge is -2.16. The maximum Gasteiger partial charge on any atom is 0.136 e. The minimum atomic E-state index is 0.867. The van der Waals surface area contributed by atoms with Gasteiger partial charge >= 0.3 is 0 Å². The van der Waals surface area contributed by atoms with E-state index in [-0.39, 0.29) is 0 Å². The van der Waals surface area contributed by atoms with Crippen LogP contribution in [0.5, 0.6) is 0 Å². The summed E-state index contributed by atoms with van der Waals surface area (Å²) in [4.78, 5) is 5.32. The summed E-state index contributed by atoms with van der Waals surface area (Å²) in [6.45, 7) is 0. The minimum Gasteiger partial charge on any atom is -0.456 e. The van der Waals surface area contributed by atoms with Gasteiger partial charge in [-0.3, -0.25) is 0 Å². The zero-order valence-corrected chi connectivity index (χ0v) is 28.8. The second-order valence-corrected chi connectivity index (χ2v) is 13.8. The highest BCUT2D eigenvalue weighted by molar-refractivity contribution is 6.27. The van der Waals surface area contributed by atoms with Crippen LogP contribution in [-0.2, 0) is 0 Å². The van der Waals surface area contributed by atoms with Crippen molar-refractivity contribution < 1.29 is 4.42 Å². The van der Waals surface area contributed by atoms with Gasteiger partial charge in [0.15, 0.2) is 0 Å². The number of furan rings is 1. The van der Waals surface area contributed by atoms with Crippen LogP contribution in [0.3, 0.4) is 0 Å². The van der Waals surface area contributed by atoms with Crippen LogP contribution in [0.4, 0.5) is 0 Å². The summed E-state index contributed by atoms with van der Waals surface area (Å²) >= 11 is 0. The van der Waals surface area contributed by atoms with Crippen molar-refractivity contribution in [1.82, 2.24) is 4.98 Å². The van der Waals surface area contributed by atoms with Gasteiger partial charge < -0.3 is 4.42 Å². The fourth-order valence-corrected chi connectivity index (χ4v) is 8.39. The van der Waals surface area contributed by atoms with Crippen molar-refractivity contribution in [3.8, 4) is 44.6 Å². The van der Waals surface area contributed by atoms with Gasteiger partial charge in [-0.1, -0.05) is 164 Å². The van der Waals surface area contributed by atoms with Crippen LogP contribution < -0.4 is 0 Å². The molecule has 0 atom stereocenters. The molecule has 246 valence electrons. The van der Waals surface area contributed by atoms with Gasteiger partial charge in [-0.15, -0.1) is 0 Å². The Morgan fingerprint density at radius 3 is 1.70 bits per heavy atom. The normalized spacial score (nSPS) is 11.8. The molecule has 11 aromatic rings. The number of pyridine rings is 1. The largest absolute Gasteiger partial charge is 0.456 e. The molecule has 0 aliphatic carbocycles. The van der Waals surface area contributed by atoms with E-state index in [9.17, 15) is 0 Å². The fraction of sp³-hybridized carbons (Fsp3) is 0. The Morgan fingerprint density at radius 2 is 0.925 bits per heavy atom. The lowest BCUT2D eigenvalue weighted by molar-refractivity contribution is 0.669. The van der Waals surface area contributed by atoms with Crippen LogP contribution in [0, 0.1) is 0 Å². The topological polar surface area (TPSA) is 26.0 Å². The first-order chi connectivity index (χ1) is 26.3. The fourth-order valence-electron chi connectivity index (χ4n) is 8.39. The summed E-state index contributed by atoms with van der Waals surface area (Å²) in [5.41, 5.74) is 11.9. The van der Waals surface area contributed by atoms with Crippen molar-refractivity contribution in [2.24, 2.45) is 0 Å². The van der Waals surface area contributed by atoms with Gasteiger partial charge in [0.1, 0.15) is 11.2 Å². The molecule has 53 heavy (non-hydrogen) atoms. The maximum atomic E-state index is 6.56. The average molecular weight is 674 g/mol. The third-order valence-corrected chi connectivity index (χ3v) is 10.8. The molecular weight excluding hydrogens is 643 g/mol. The Morgan fingerprint density at radius 1 is 0.340 bits per heavy atom. The molecule has 2 heteroatoms. The molecule has 0 N–H and O–H groups in total. The number of para-hydroxylation sites is 2. The van der Waals surface area contributed by atoms with Crippen molar-refractivity contribution in [2.75, 3.05) is 0 Å². The number of nitrogens with zero attached hydrogens (tertiary/aromatic N) is 1. The molecule has 0 fully saturated rings. The highest BCUT2D eigenvalue weighted by Crippen LogP contribution is 2.46. The zero-order chi connectivity index (χ0) is 34.9. The second-order valence-electron chi connectivity index (χ2n) is 13.8. The third kappa shape index (κ3) is 4.70. The smallest absolute Gasteiger partial charge is 0.136 e. The first-order valence-corrected chi connectivity index (χ1v) is 18.1. The molecule has 0 saturated carbocycles. The molecule has 9 aromatic carbocycles. The molecule has 2 nitrogen and oxygen atoms in total. The summed E-state index contributed by atoms with van der Waals surface area (Å²) in [7, 11) is 0. The lowest BCUT2D eigenvalue weighted by Crippen LogP contribution is -1.93. The summed E-state index contributed by atoms with van der Waals surface area (Å²) in [6.07, 6.45) is 0. The predicted octanol–water partition coefficient (Wildman–Crippen LogP) is 14.3. The van der Waals surface area contributed by atoms with Gasteiger partial charge in [-0.05, 0) is 73.6 Å². The first kappa shape index (κ1) is 29.7. The number of fused-ring (bicyclic) bond motifs is 9. The molecule has 0 spiro atoms. The average Bonchev–Trinajstić information content (AvgIpc) is 3.61. The zero-order valence-electron chi connectivity index (χ0n) is 28.8. The van der Waals surface area contributed by atoms with Gasteiger partial charge in [0.2, 0.25) is 0 Å². The third-order valence-electron chi connectivity index (χ3n) is 10.8. The number of aromatic nitrogens is 1. The van der Waals surface area contributed by atoms with E-state index in [1.54, 1.807) is 0 Å². The van der Waals surface area contributed by atoms with Crippen molar-refractivity contribution in [2.45, 2.75) is 0 Å². The second kappa shape index (κ2) is 11.8. The Balaban J connectivity index is 1.06. The van der Waals surface area contributed by atoms with E-state index in [0.29, 0.717) is 0 Å². The summed E-state index contributed by atoms with van der Waals surface area (Å²) in [5.74, 6) is 0. The maximum absolute atomic E-state index is 6.56. The van der Waals surface area contributed by atoms with E-state index < -0.39 is 0 Å². The van der Waals surface area contributed by atoms with Gasteiger partial charge in [-0.2, -0.15) is 0 Å². The molecule has 2 heterocycles. The molecule has 0 unspecified atom stereocenters.